The van der Waals surface area contributed by atoms with E-state index in [1.54, 1.807) is 15.3 Å². The van der Waals surface area contributed by atoms with Crippen LogP contribution in [0, 0.1) is 0 Å². The number of aromatic nitrogens is 3. The van der Waals surface area contributed by atoms with E-state index < -0.39 is 0 Å². The van der Waals surface area contributed by atoms with Crippen LogP contribution in [0.25, 0.3) is 5.65 Å². The molecule has 2 aromatic rings. The zero-order valence-corrected chi connectivity index (χ0v) is 14.5. The SMILES string of the molecule is CCCN(CCn1nc2ccccn2c1=O)C1CCNCC1.Cl. The Kier molecular flexibility index (Phi) is 6.62. The second-order valence-electron chi connectivity index (χ2n) is 5.95. The average molecular weight is 340 g/mol. The fourth-order valence-electron chi connectivity index (χ4n) is 3.27. The molecule has 0 radical (unpaired) electrons. The van der Waals surface area contributed by atoms with Crippen LogP contribution in [0.2, 0.25) is 0 Å². The highest BCUT2D eigenvalue weighted by Crippen LogP contribution is 2.12. The molecule has 2 aromatic heterocycles. The van der Waals surface area contributed by atoms with Crippen molar-refractivity contribution in [2.24, 2.45) is 0 Å². The second-order valence-corrected chi connectivity index (χ2v) is 5.95. The summed E-state index contributed by atoms with van der Waals surface area (Å²) < 4.78 is 3.20. The summed E-state index contributed by atoms with van der Waals surface area (Å²) in [6, 6.07) is 6.27. The number of piperidine rings is 1. The van der Waals surface area contributed by atoms with Crippen LogP contribution in [0.5, 0.6) is 0 Å². The standard InChI is InChI=1S/C16H25N5O.ClH/c1-2-10-19(14-6-8-17-9-7-14)12-13-21-16(22)20-11-4-3-5-15(20)18-21;/h3-5,11,14,17H,2,6-10,12-13H2,1H3;1H. The van der Waals surface area contributed by atoms with Gasteiger partial charge >= 0.3 is 5.69 Å². The van der Waals surface area contributed by atoms with Crippen molar-refractivity contribution in [1.29, 1.82) is 0 Å². The summed E-state index contributed by atoms with van der Waals surface area (Å²) in [5, 5.41) is 7.83. The van der Waals surface area contributed by atoms with Crippen LogP contribution in [-0.4, -0.2) is 51.3 Å². The molecule has 128 valence electrons. The molecule has 0 amide bonds. The normalized spacial score (nSPS) is 15.9. The molecule has 3 heterocycles. The molecule has 0 aromatic carbocycles. The van der Waals surface area contributed by atoms with Gasteiger partial charge in [-0.1, -0.05) is 13.0 Å². The summed E-state index contributed by atoms with van der Waals surface area (Å²) >= 11 is 0. The lowest BCUT2D eigenvalue weighted by molar-refractivity contribution is 0.154. The van der Waals surface area contributed by atoms with Crippen molar-refractivity contribution in [2.75, 3.05) is 26.2 Å². The van der Waals surface area contributed by atoms with Crippen molar-refractivity contribution in [3.8, 4) is 0 Å². The van der Waals surface area contributed by atoms with Gasteiger partial charge in [-0.15, -0.1) is 17.5 Å². The molecule has 0 saturated carbocycles. The number of hydrogen-bond donors (Lipinski definition) is 1. The summed E-state index contributed by atoms with van der Waals surface area (Å²) in [6.07, 6.45) is 5.31. The van der Waals surface area contributed by atoms with Crippen molar-refractivity contribution in [1.82, 2.24) is 24.4 Å². The van der Waals surface area contributed by atoms with Gasteiger partial charge < -0.3 is 5.32 Å². The highest BCUT2D eigenvalue weighted by atomic mass is 35.5. The van der Waals surface area contributed by atoms with Crippen LogP contribution in [0.4, 0.5) is 0 Å². The quantitative estimate of drug-likeness (QED) is 0.864. The third-order valence-corrected chi connectivity index (χ3v) is 4.42. The van der Waals surface area contributed by atoms with Crippen LogP contribution in [0.3, 0.4) is 0 Å². The maximum atomic E-state index is 12.3. The Bertz CT molecular complexity index is 662. The number of hydrogen-bond acceptors (Lipinski definition) is 4. The third-order valence-electron chi connectivity index (χ3n) is 4.42. The Morgan fingerprint density at radius 3 is 2.78 bits per heavy atom. The summed E-state index contributed by atoms with van der Waals surface area (Å²) in [4.78, 5) is 14.8. The minimum absolute atomic E-state index is 0. The number of nitrogens with zero attached hydrogens (tertiary/aromatic N) is 4. The van der Waals surface area contributed by atoms with Crippen LogP contribution in [-0.2, 0) is 6.54 Å². The van der Waals surface area contributed by atoms with Gasteiger partial charge in [-0.2, -0.15) is 0 Å². The molecule has 0 spiro atoms. The van der Waals surface area contributed by atoms with Gasteiger partial charge in [0, 0.05) is 18.8 Å². The number of nitrogens with one attached hydrogen (secondary N) is 1. The van der Waals surface area contributed by atoms with Gasteiger partial charge in [0.2, 0.25) is 0 Å². The highest BCUT2D eigenvalue weighted by molar-refractivity contribution is 5.85. The predicted molar refractivity (Wildman–Crippen MR) is 94.5 cm³/mol. The molecule has 1 fully saturated rings. The Hall–Kier alpha value is -1.37. The van der Waals surface area contributed by atoms with Gasteiger partial charge in [-0.25, -0.2) is 9.48 Å². The molecule has 1 aliphatic heterocycles. The number of pyridine rings is 1. The molecule has 1 N–H and O–H groups in total. The first kappa shape index (κ1) is 18.0. The van der Waals surface area contributed by atoms with E-state index in [-0.39, 0.29) is 18.1 Å². The van der Waals surface area contributed by atoms with E-state index in [4.69, 9.17) is 0 Å². The van der Waals surface area contributed by atoms with Crippen LogP contribution in [0.15, 0.2) is 29.2 Å². The molecule has 7 heteroatoms. The Morgan fingerprint density at radius 2 is 2.09 bits per heavy atom. The van der Waals surface area contributed by atoms with Crippen molar-refractivity contribution in [2.45, 2.75) is 38.8 Å². The predicted octanol–water partition coefficient (Wildman–Crippen LogP) is 1.38. The molecule has 0 bridgehead atoms. The van der Waals surface area contributed by atoms with Gasteiger partial charge in [0.05, 0.1) is 6.54 Å². The van der Waals surface area contributed by atoms with Gasteiger partial charge in [-0.05, 0) is 51.0 Å². The number of halogens is 1. The Morgan fingerprint density at radius 1 is 1.30 bits per heavy atom. The van der Waals surface area contributed by atoms with E-state index in [1.165, 1.54) is 12.8 Å². The fourth-order valence-corrected chi connectivity index (χ4v) is 3.27. The fraction of sp³-hybridized carbons (Fsp3) is 0.625. The number of fused-ring (bicyclic) bond motifs is 1. The van der Waals surface area contributed by atoms with E-state index in [1.807, 2.05) is 18.2 Å². The minimum atomic E-state index is -0.0441. The summed E-state index contributed by atoms with van der Waals surface area (Å²) in [7, 11) is 0. The molecule has 1 aliphatic rings. The molecule has 6 nitrogen and oxygen atoms in total. The zero-order chi connectivity index (χ0) is 15.4. The van der Waals surface area contributed by atoms with E-state index in [0.717, 1.165) is 38.2 Å². The molecular formula is C16H26ClN5O. The average Bonchev–Trinajstić information content (AvgIpc) is 2.89. The summed E-state index contributed by atoms with van der Waals surface area (Å²) in [5.41, 5.74) is 0.675. The van der Waals surface area contributed by atoms with E-state index in [2.05, 4.69) is 22.2 Å². The lowest BCUT2D eigenvalue weighted by Crippen LogP contribution is -2.45. The van der Waals surface area contributed by atoms with Crippen LogP contribution in [0.1, 0.15) is 26.2 Å². The van der Waals surface area contributed by atoms with Crippen LogP contribution < -0.4 is 11.0 Å². The lowest BCUT2D eigenvalue weighted by Gasteiger charge is -2.34. The van der Waals surface area contributed by atoms with Crippen molar-refractivity contribution in [3.63, 3.8) is 0 Å². The van der Waals surface area contributed by atoms with Crippen molar-refractivity contribution in [3.05, 3.63) is 34.9 Å². The summed E-state index contributed by atoms with van der Waals surface area (Å²) in [6.45, 7) is 7.04. The zero-order valence-electron chi connectivity index (χ0n) is 13.6. The maximum Gasteiger partial charge on any atom is 0.350 e. The van der Waals surface area contributed by atoms with E-state index in [0.29, 0.717) is 12.6 Å². The first-order valence-corrected chi connectivity index (χ1v) is 8.28. The molecular weight excluding hydrogens is 314 g/mol. The van der Waals surface area contributed by atoms with Crippen molar-refractivity contribution < 1.29 is 0 Å². The first-order valence-electron chi connectivity index (χ1n) is 8.28. The molecule has 0 aliphatic carbocycles. The molecule has 3 rings (SSSR count). The molecule has 0 atom stereocenters. The topological polar surface area (TPSA) is 54.6 Å². The van der Waals surface area contributed by atoms with Gasteiger partial charge in [-0.3, -0.25) is 9.30 Å². The minimum Gasteiger partial charge on any atom is -0.317 e. The van der Waals surface area contributed by atoms with Crippen molar-refractivity contribution >= 4 is 18.1 Å². The molecule has 0 unspecified atom stereocenters. The monoisotopic (exact) mass is 339 g/mol. The molecule has 1 saturated heterocycles. The first-order chi connectivity index (χ1) is 10.8. The van der Waals surface area contributed by atoms with Gasteiger partial charge in [0.25, 0.3) is 0 Å². The van der Waals surface area contributed by atoms with Gasteiger partial charge in [0.1, 0.15) is 0 Å². The van der Waals surface area contributed by atoms with E-state index in [9.17, 15) is 4.79 Å². The third kappa shape index (κ3) is 4.13. The Labute approximate surface area is 142 Å². The molecule has 23 heavy (non-hydrogen) atoms. The maximum absolute atomic E-state index is 12.3. The van der Waals surface area contributed by atoms with Gasteiger partial charge in [0.15, 0.2) is 5.65 Å². The Balaban J connectivity index is 0.00000192. The smallest absolute Gasteiger partial charge is 0.317 e. The lowest BCUT2D eigenvalue weighted by atomic mass is 10.0. The number of rotatable bonds is 6. The van der Waals surface area contributed by atoms with E-state index >= 15 is 0 Å². The second kappa shape index (κ2) is 8.47. The highest BCUT2D eigenvalue weighted by Gasteiger charge is 2.20. The summed E-state index contributed by atoms with van der Waals surface area (Å²) in [5.74, 6) is 0. The largest absolute Gasteiger partial charge is 0.350 e. The van der Waals surface area contributed by atoms with Crippen LogP contribution >= 0.6 is 12.4 Å².